The zero-order chi connectivity index (χ0) is 22.5. The van der Waals surface area contributed by atoms with Crippen LogP contribution in [-0.2, 0) is 9.53 Å². The van der Waals surface area contributed by atoms with Gasteiger partial charge < -0.3 is 15.0 Å². The Bertz CT molecular complexity index is 1320. The lowest BCUT2D eigenvalue weighted by Gasteiger charge is -2.08. The van der Waals surface area contributed by atoms with Crippen molar-refractivity contribution in [1.82, 2.24) is 15.0 Å². The fourth-order valence-corrected chi connectivity index (χ4v) is 3.25. The van der Waals surface area contributed by atoms with Crippen molar-refractivity contribution in [2.24, 2.45) is 0 Å². The fraction of sp³-hybridized carbons (Fsp3) is 0.0833. The number of benzene rings is 2. The quantitative estimate of drug-likeness (QED) is 0.340. The fourth-order valence-electron chi connectivity index (χ4n) is 3.25. The lowest BCUT2D eigenvalue weighted by Crippen LogP contribution is -2.11. The molecule has 8 heteroatoms. The summed E-state index contributed by atoms with van der Waals surface area (Å²) in [5, 5.41) is 3.05. The highest BCUT2D eigenvalue weighted by molar-refractivity contribution is 6.09. The molecule has 4 rings (SSSR count). The molecular weight excluding hydrogens is 411 g/mol. The molecule has 4 aromatic rings. The van der Waals surface area contributed by atoms with Crippen LogP contribution in [0.3, 0.4) is 0 Å². The minimum atomic E-state index is -0.915. The standard InChI is InChI=1S/C24H19FN4O3/c1-2-32-24(31)18-13-26-22-20(18)21(27-14-28-22)16-9-6-10-17(12-16)29-23(30)19(25)11-15-7-4-3-5-8-15/h3-14H,2H2,1H3,(H,29,30)(H,26,27,28). The summed E-state index contributed by atoms with van der Waals surface area (Å²) in [6.07, 6.45) is 4.06. The number of anilines is 1. The number of carbonyl (C=O) groups excluding carboxylic acids is 2. The van der Waals surface area contributed by atoms with E-state index in [1.54, 1.807) is 55.5 Å². The van der Waals surface area contributed by atoms with E-state index in [1.807, 2.05) is 6.07 Å². The average Bonchev–Trinajstić information content (AvgIpc) is 3.24. The average molecular weight is 430 g/mol. The van der Waals surface area contributed by atoms with E-state index in [-0.39, 0.29) is 6.61 Å². The van der Waals surface area contributed by atoms with Crippen molar-refractivity contribution in [2.75, 3.05) is 11.9 Å². The van der Waals surface area contributed by atoms with Crippen molar-refractivity contribution in [1.29, 1.82) is 0 Å². The van der Waals surface area contributed by atoms with Gasteiger partial charge in [0.1, 0.15) is 12.0 Å². The number of nitrogens with zero attached hydrogens (tertiary/aromatic N) is 2. The number of esters is 1. The zero-order valence-corrected chi connectivity index (χ0v) is 17.1. The molecular formula is C24H19FN4O3. The van der Waals surface area contributed by atoms with Crippen molar-refractivity contribution in [3.05, 3.63) is 84.1 Å². The molecule has 0 aliphatic carbocycles. The zero-order valence-electron chi connectivity index (χ0n) is 17.1. The summed E-state index contributed by atoms with van der Waals surface area (Å²) in [5.41, 5.74) is 2.84. The second kappa shape index (κ2) is 9.22. The molecule has 0 aliphatic rings. The lowest BCUT2D eigenvalue weighted by molar-refractivity contribution is -0.114. The third-order valence-corrected chi connectivity index (χ3v) is 4.67. The first-order valence-corrected chi connectivity index (χ1v) is 9.90. The van der Waals surface area contributed by atoms with Crippen LogP contribution in [0.1, 0.15) is 22.8 Å². The largest absolute Gasteiger partial charge is 0.462 e. The Labute approximate surface area is 183 Å². The summed E-state index contributed by atoms with van der Waals surface area (Å²) in [6, 6.07) is 15.5. The van der Waals surface area contributed by atoms with Gasteiger partial charge in [-0.2, -0.15) is 0 Å². The van der Waals surface area contributed by atoms with Gasteiger partial charge in [0.05, 0.1) is 23.3 Å². The van der Waals surface area contributed by atoms with Crippen molar-refractivity contribution < 1.29 is 18.7 Å². The highest BCUT2D eigenvalue weighted by atomic mass is 19.1. The molecule has 2 N–H and O–H groups in total. The Morgan fingerprint density at radius 2 is 1.94 bits per heavy atom. The van der Waals surface area contributed by atoms with E-state index < -0.39 is 17.7 Å². The molecule has 32 heavy (non-hydrogen) atoms. The van der Waals surface area contributed by atoms with Gasteiger partial charge in [-0.25, -0.2) is 19.2 Å². The number of rotatable bonds is 6. The van der Waals surface area contributed by atoms with E-state index >= 15 is 0 Å². The molecule has 160 valence electrons. The summed E-state index contributed by atoms with van der Waals surface area (Å²) in [7, 11) is 0. The van der Waals surface area contributed by atoms with E-state index in [9.17, 15) is 14.0 Å². The third-order valence-electron chi connectivity index (χ3n) is 4.67. The summed E-state index contributed by atoms with van der Waals surface area (Å²) < 4.78 is 19.5. The topological polar surface area (TPSA) is 97.0 Å². The molecule has 2 heterocycles. The van der Waals surface area contributed by atoms with Crippen LogP contribution in [0, 0.1) is 0 Å². The number of carbonyl (C=O) groups is 2. The van der Waals surface area contributed by atoms with Gasteiger partial charge in [0, 0.05) is 17.4 Å². The number of aromatic amines is 1. The van der Waals surface area contributed by atoms with Crippen LogP contribution < -0.4 is 5.32 Å². The number of ether oxygens (including phenoxy) is 1. The Hall–Kier alpha value is -4.33. The van der Waals surface area contributed by atoms with E-state index in [0.717, 1.165) is 0 Å². The molecule has 0 atom stereocenters. The molecule has 7 nitrogen and oxygen atoms in total. The summed E-state index contributed by atoms with van der Waals surface area (Å²) in [5.74, 6) is -2.28. The maximum Gasteiger partial charge on any atom is 0.340 e. The number of nitrogens with one attached hydrogen (secondary N) is 2. The van der Waals surface area contributed by atoms with Gasteiger partial charge in [-0.3, -0.25) is 4.79 Å². The van der Waals surface area contributed by atoms with Gasteiger partial charge in [-0.15, -0.1) is 0 Å². The predicted molar refractivity (Wildman–Crippen MR) is 119 cm³/mol. The number of fused-ring (bicyclic) bond motifs is 1. The molecule has 0 bridgehead atoms. The van der Waals surface area contributed by atoms with Crippen LogP contribution in [0.2, 0.25) is 0 Å². The molecule has 2 aromatic heterocycles. The van der Waals surface area contributed by atoms with E-state index in [4.69, 9.17) is 4.74 Å². The number of amides is 1. The first-order chi connectivity index (χ1) is 15.6. The molecule has 1 amide bonds. The highest BCUT2D eigenvalue weighted by Gasteiger charge is 2.19. The second-order valence-electron chi connectivity index (χ2n) is 6.81. The molecule has 0 fully saturated rings. The maximum atomic E-state index is 14.3. The minimum Gasteiger partial charge on any atom is -0.462 e. The van der Waals surface area contributed by atoms with Crippen LogP contribution in [0.25, 0.3) is 28.4 Å². The van der Waals surface area contributed by atoms with Crippen molar-refractivity contribution in [3.63, 3.8) is 0 Å². The Morgan fingerprint density at radius 3 is 2.72 bits per heavy atom. The Balaban J connectivity index is 1.64. The van der Waals surface area contributed by atoms with Gasteiger partial charge in [0.15, 0.2) is 5.83 Å². The third kappa shape index (κ3) is 4.39. The number of hydrogen-bond donors (Lipinski definition) is 2. The second-order valence-corrected chi connectivity index (χ2v) is 6.81. The molecule has 2 aromatic carbocycles. The van der Waals surface area contributed by atoms with Crippen LogP contribution in [0.4, 0.5) is 10.1 Å². The first-order valence-electron chi connectivity index (χ1n) is 9.90. The van der Waals surface area contributed by atoms with Crippen molar-refractivity contribution in [3.8, 4) is 11.3 Å². The first kappa shape index (κ1) is 20.9. The molecule has 0 saturated heterocycles. The van der Waals surface area contributed by atoms with E-state index in [2.05, 4.69) is 20.3 Å². The van der Waals surface area contributed by atoms with Crippen LogP contribution in [0.5, 0.6) is 0 Å². The van der Waals surface area contributed by atoms with E-state index in [1.165, 1.54) is 18.6 Å². The van der Waals surface area contributed by atoms with E-state index in [0.29, 0.717) is 39.1 Å². The van der Waals surface area contributed by atoms with Crippen molar-refractivity contribution >= 4 is 34.7 Å². The van der Waals surface area contributed by atoms with Gasteiger partial charge in [0.25, 0.3) is 5.91 Å². The van der Waals surface area contributed by atoms with Crippen molar-refractivity contribution in [2.45, 2.75) is 6.92 Å². The molecule has 0 aliphatic heterocycles. The SMILES string of the molecule is CCOC(=O)c1c[nH]c2ncnc(-c3cccc(NC(=O)C(F)=Cc4ccccc4)c3)c12. The monoisotopic (exact) mass is 430 g/mol. The smallest absolute Gasteiger partial charge is 0.340 e. The van der Waals surface area contributed by atoms with Crippen LogP contribution >= 0.6 is 0 Å². The minimum absolute atomic E-state index is 0.234. The normalized spacial score (nSPS) is 11.4. The molecule has 0 unspecified atom stereocenters. The molecule has 0 radical (unpaired) electrons. The number of hydrogen-bond acceptors (Lipinski definition) is 5. The van der Waals surface area contributed by atoms with Gasteiger partial charge >= 0.3 is 5.97 Å². The Morgan fingerprint density at radius 1 is 1.12 bits per heavy atom. The highest BCUT2D eigenvalue weighted by Crippen LogP contribution is 2.30. The summed E-state index contributed by atoms with van der Waals surface area (Å²) >= 11 is 0. The number of aromatic nitrogens is 3. The van der Waals surface area contributed by atoms with Gasteiger partial charge in [0.2, 0.25) is 0 Å². The lowest BCUT2D eigenvalue weighted by atomic mass is 10.1. The summed E-state index contributed by atoms with van der Waals surface area (Å²) in [6.45, 7) is 1.96. The predicted octanol–water partition coefficient (Wildman–Crippen LogP) is 4.75. The van der Waals surface area contributed by atoms with Gasteiger partial charge in [-0.1, -0.05) is 42.5 Å². The summed E-state index contributed by atoms with van der Waals surface area (Å²) in [4.78, 5) is 36.1. The number of halogens is 1. The van der Waals surface area contributed by atoms with Gasteiger partial charge in [-0.05, 0) is 30.7 Å². The number of H-pyrrole nitrogens is 1. The Kier molecular flexibility index (Phi) is 6.03. The van der Waals surface area contributed by atoms with Crippen LogP contribution in [-0.4, -0.2) is 33.4 Å². The van der Waals surface area contributed by atoms with Crippen LogP contribution in [0.15, 0.2) is 72.9 Å². The molecule has 0 spiro atoms. The molecule has 0 saturated carbocycles. The maximum absolute atomic E-state index is 14.3.